The van der Waals surface area contributed by atoms with Crippen LogP contribution in [0.2, 0.25) is 0 Å². The number of hydrogen-bond donors (Lipinski definition) is 0. The van der Waals surface area contributed by atoms with Gasteiger partial charge in [0.25, 0.3) is 0 Å². The van der Waals surface area contributed by atoms with Crippen LogP contribution in [0.25, 0.3) is 0 Å². The smallest absolute Gasteiger partial charge is 0.0547 e. The molecule has 2 rings (SSSR count). The zero-order valence-electron chi connectivity index (χ0n) is 11.1. The molecule has 0 N–H and O–H groups in total. The van der Waals surface area contributed by atoms with Crippen LogP contribution in [0.1, 0.15) is 17.8 Å². The van der Waals surface area contributed by atoms with Crippen LogP contribution in [0.4, 0.5) is 0 Å². The summed E-state index contributed by atoms with van der Waals surface area (Å²) < 4.78 is 0. The van der Waals surface area contributed by atoms with E-state index >= 15 is 0 Å². The number of rotatable bonds is 4. The highest BCUT2D eigenvalue weighted by Crippen LogP contribution is 2.08. The Morgan fingerprint density at radius 2 is 1.94 bits per heavy atom. The van der Waals surface area contributed by atoms with Crippen LogP contribution in [0.5, 0.6) is 0 Å². The lowest BCUT2D eigenvalue weighted by Gasteiger charge is -2.21. The first kappa shape index (κ1) is 14.0. The molecule has 0 aliphatic carbocycles. The van der Waals surface area contributed by atoms with Crippen molar-refractivity contribution in [3.8, 4) is 0 Å². The summed E-state index contributed by atoms with van der Waals surface area (Å²) in [5.41, 5.74) is 2.31. The molecule has 0 unspecified atom stereocenters. The molecule has 1 aliphatic heterocycles. The number of pyridine rings is 1. The second kappa shape index (κ2) is 7.22. The number of nitrogens with zero attached hydrogens (tertiary/aromatic N) is 3. The summed E-state index contributed by atoms with van der Waals surface area (Å²) in [6.45, 7) is 8.96. The van der Waals surface area contributed by atoms with Gasteiger partial charge in [-0.15, -0.1) is 0 Å². The van der Waals surface area contributed by atoms with Gasteiger partial charge in [-0.3, -0.25) is 9.88 Å². The largest absolute Gasteiger partial charge is 0.301 e. The fourth-order valence-electron chi connectivity index (χ4n) is 2.44. The van der Waals surface area contributed by atoms with Gasteiger partial charge in [-0.1, -0.05) is 22.0 Å². The van der Waals surface area contributed by atoms with Gasteiger partial charge >= 0.3 is 0 Å². The third kappa shape index (κ3) is 4.34. The first-order chi connectivity index (χ1) is 8.78. The molecule has 1 aromatic heterocycles. The maximum atomic E-state index is 4.59. The number of hydrogen-bond acceptors (Lipinski definition) is 3. The maximum Gasteiger partial charge on any atom is 0.0547 e. The molecule has 1 fully saturated rings. The second-order valence-corrected chi connectivity index (χ2v) is 5.72. The summed E-state index contributed by atoms with van der Waals surface area (Å²) in [6, 6.07) is 6.30. The van der Waals surface area contributed by atoms with E-state index in [0.29, 0.717) is 0 Å². The van der Waals surface area contributed by atoms with Gasteiger partial charge in [0.05, 0.1) is 5.69 Å². The van der Waals surface area contributed by atoms with Gasteiger partial charge in [-0.05, 0) is 38.6 Å². The Kier molecular flexibility index (Phi) is 5.60. The average Bonchev–Trinajstić information content (AvgIpc) is 2.56. The van der Waals surface area contributed by atoms with E-state index in [4.69, 9.17) is 0 Å². The SMILES string of the molecule is Cc1cccc(CN2CCCN(CCBr)CC2)n1. The van der Waals surface area contributed by atoms with Gasteiger partial charge in [0.2, 0.25) is 0 Å². The van der Waals surface area contributed by atoms with Crippen molar-refractivity contribution in [1.29, 1.82) is 0 Å². The fourth-order valence-corrected chi connectivity index (χ4v) is 2.94. The van der Waals surface area contributed by atoms with E-state index in [1.54, 1.807) is 0 Å². The first-order valence-electron chi connectivity index (χ1n) is 6.71. The number of alkyl halides is 1. The molecule has 4 heteroatoms. The van der Waals surface area contributed by atoms with Crippen molar-refractivity contribution in [2.75, 3.05) is 38.1 Å². The van der Waals surface area contributed by atoms with Crippen molar-refractivity contribution in [3.05, 3.63) is 29.6 Å². The Morgan fingerprint density at radius 3 is 2.72 bits per heavy atom. The Balaban J connectivity index is 1.87. The minimum Gasteiger partial charge on any atom is -0.301 e. The normalized spacial score (nSPS) is 18.8. The van der Waals surface area contributed by atoms with Gasteiger partial charge in [0, 0.05) is 37.2 Å². The van der Waals surface area contributed by atoms with Crippen molar-refractivity contribution in [2.24, 2.45) is 0 Å². The summed E-state index contributed by atoms with van der Waals surface area (Å²) in [5.74, 6) is 0. The van der Waals surface area contributed by atoms with Crippen LogP contribution in [0, 0.1) is 6.92 Å². The van der Waals surface area contributed by atoms with Crippen LogP contribution in [-0.4, -0.2) is 52.8 Å². The number of aromatic nitrogens is 1. The van der Waals surface area contributed by atoms with Gasteiger partial charge in [-0.25, -0.2) is 0 Å². The van der Waals surface area contributed by atoms with E-state index in [1.165, 1.54) is 31.7 Å². The first-order valence-corrected chi connectivity index (χ1v) is 7.83. The maximum absolute atomic E-state index is 4.59. The number of halogens is 1. The van der Waals surface area contributed by atoms with Crippen molar-refractivity contribution >= 4 is 15.9 Å². The van der Waals surface area contributed by atoms with Crippen LogP contribution < -0.4 is 0 Å². The molecule has 3 nitrogen and oxygen atoms in total. The van der Waals surface area contributed by atoms with Gasteiger partial charge in [-0.2, -0.15) is 0 Å². The van der Waals surface area contributed by atoms with E-state index in [0.717, 1.165) is 30.7 Å². The molecule has 2 heterocycles. The molecule has 0 saturated carbocycles. The Labute approximate surface area is 118 Å². The van der Waals surface area contributed by atoms with E-state index in [2.05, 4.69) is 55.8 Å². The van der Waals surface area contributed by atoms with E-state index in [9.17, 15) is 0 Å². The van der Waals surface area contributed by atoms with Gasteiger partial charge in [0.15, 0.2) is 0 Å². The highest BCUT2D eigenvalue weighted by molar-refractivity contribution is 9.09. The van der Waals surface area contributed by atoms with Crippen LogP contribution in [0.3, 0.4) is 0 Å². The molecule has 0 amide bonds. The summed E-state index contributed by atoms with van der Waals surface area (Å²) >= 11 is 3.52. The standard InChI is InChI=1S/C14H22BrN3/c1-13-4-2-5-14(16-13)12-18-8-3-7-17(9-6-15)10-11-18/h2,4-5H,3,6-12H2,1H3. The molecular weight excluding hydrogens is 290 g/mol. The summed E-state index contributed by atoms with van der Waals surface area (Å²) in [7, 11) is 0. The minimum atomic E-state index is 0.990. The van der Waals surface area contributed by atoms with Crippen molar-refractivity contribution < 1.29 is 0 Å². The van der Waals surface area contributed by atoms with Gasteiger partial charge in [0.1, 0.15) is 0 Å². The second-order valence-electron chi connectivity index (χ2n) is 4.93. The highest BCUT2D eigenvalue weighted by atomic mass is 79.9. The average molecular weight is 312 g/mol. The Bertz CT molecular complexity index is 370. The third-order valence-electron chi connectivity index (χ3n) is 3.41. The van der Waals surface area contributed by atoms with Crippen molar-refractivity contribution in [3.63, 3.8) is 0 Å². The fraction of sp³-hybridized carbons (Fsp3) is 0.643. The molecule has 0 aromatic carbocycles. The zero-order valence-corrected chi connectivity index (χ0v) is 12.7. The lowest BCUT2D eigenvalue weighted by atomic mass is 10.3. The summed E-state index contributed by atoms with van der Waals surface area (Å²) in [6.07, 6.45) is 1.26. The Hall–Kier alpha value is -0.450. The molecule has 1 aliphatic rings. The van der Waals surface area contributed by atoms with Crippen molar-refractivity contribution in [2.45, 2.75) is 19.9 Å². The molecule has 0 radical (unpaired) electrons. The minimum absolute atomic E-state index is 0.990. The van der Waals surface area contributed by atoms with E-state index in [1.807, 2.05) is 0 Å². The number of aryl methyl sites for hydroxylation is 1. The molecule has 18 heavy (non-hydrogen) atoms. The molecule has 1 saturated heterocycles. The molecular formula is C14H22BrN3. The predicted octanol–water partition coefficient (Wildman–Crippen LogP) is 2.29. The predicted molar refractivity (Wildman–Crippen MR) is 79.1 cm³/mol. The Morgan fingerprint density at radius 1 is 1.17 bits per heavy atom. The topological polar surface area (TPSA) is 19.4 Å². The molecule has 1 aromatic rings. The molecule has 0 atom stereocenters. The van der Waals surface area contributed by atoms with Crippen LogP contribution in [0.15, 0.2) is 18.2 Å². The van der Waals surface area contributed by atoms with Crippen LogP contribution >= 0.6 is 15.9 Å². The van der Waals surface area contributed by atoms with Crippen molar-refractivity contribution in [1.82, 2.24) is 14.8 Å². The quantitative estimate of drug-likeness (QED) is 0.795. The van der Waals surface area contributed by atoms with E-state index in [-0.39, 0.29) is 0 Å². The van der Waals surface area contributed by atoms with Crippen LogP contribution in [-0.2, 0) is 6.54 Å². The lowest BCUT2D eigenvalue weighted by molar-refractivity contribution is 0.256. The van der Waals surface area contributed by atoms with E-state index < -0.39 is 0 Å². The molecule has 100 valence electrons. The zero-order chi connectivity index (χ0) is 12.8. The monoisotopic (exact) mass is 311 g/mol. The lowest BCUT2D eigenvalue weighted by Crippen LogP contribution is -2.31. The third-order valence-corrected chi connectivity index (χ3v) is 3.77. The summed E-state index contributed by atoms with van der Waals surface area (Å²) in [4.78, 5) is 9.65. The molecule has 0 bridgehead atoms. The van der Waals surface area contributed by atoms with Gasteiger partial charge < -0.3 is 4.90 Å². The highest BCUT2D eigenvalue weighted by Gasteiger charge is 2.14. The molecule has 0 spiro atoms. The summed E-state index contributed by atoms with van der Waals surface area (Å²) in [5, 5.41) is 1.08.